The van der Waals surface area contributed by atoms with Crippen LogP contribution in [0, 0.1) is 0 Å². The third-order valence-corrected chi connectivity index (χ3v) is 4.63. The lowest BCUT2D eigenvalue weighted by Crippen LogP contribution is -2.23. The summed E-state index contributed by atoms with van der Waals surface area (Å²) < 4.78 is 0. The van der Waals surface area contributed by atoms with Crippen molar-refractivity contribution in [1.82, 2.24) is 20.3 Å². The van der Waals surface area contributed by atoms with Crippen molar-refractivity contribution in [2.45, 2.75) is 6.54 Å². The molecule has 4 rings (SSSR count). The van der Waals surface area contributed by atoms with Crippen LogP contribution in [0.2, 0.25) is 0 Å². The fourth-order valence-corrected chi connectivity index (χ4v) is 3.13. The molecule has 2 heterocycles. The first-order valence-corrected chi connectivity index (χ1v) is 9.06. The average Bonchev–Trinajstić information content (AvgIpc) is 2.78. The molecule has 0 saturated heterocycles. The Morgan fingerprint density at radius 2 is 1.83 bits per heavy atom. The molecule has 3 N–H and O–H groups in total. The highest BCUT2D eigenvalue weighted by Gasteiger charge is 2.12. The first-order chi connectivity index (χ1) is 14.5. The lowest BCUT2D eigenvalue weighted by molar-refractivity contribution is 0.0696. The third kappa shape index (κ3) is 3.79. The quantitative estimate of drug-likeness (QED) is 0.473. The number of amides is 1. The molecule has 4 aromatic rings. The zero-order chi connectivity index (χ0) is 21.1. The predicted molar refractivity (Wildman–Crippen MR) is 110 cm³/mol. The number of aromatic nitrogens is 3. The fraction of sp³-hybridized carbons (Fsp3) is 0.0455. The summed E-state index contributed by atoms with van der Waals surface area (Å²) in [6.07, 6.45) is 2.63. The number of fused-ring (bicyclic) bond motifs is 1. The maximum atomic E-state index is 12.6. The van der Waals surface area contributed by atoms with Crippen LogP contribution in [-0.4, -0.2) is 31.9 Å². The van der Waals surface area contributed by atoms with E-state index in [0.717, 1.165) is 16.7 Å². The van der Waals surface area contributed by atoms with Crippen molar-refractivity contribution in [3.63, 3.8) is 0 Å². The zero-order valence-electron chi connectivity index (χ0n) is 15.6. The van der Waals surface area contributed by atoms with Crippen molar-refractivity contribution in [1.29, 1.82) is 0 Å². The summed E-state index contributed by atoms with van der Waals surface area (Å²) in [5, 5.41) is 12.3. The second kappa shape index (κ2) is 7.96. The maximum absolute atomic E-state index is 12.6. The van der Waals surface area contributed by atoms with Crippen LogP contribution in [0.1, 0.15) is 26.3 Å². The molecular weight excluding hydrogens is 384 g/mol. The number of aromatic amines is 1. The molecule has 0 fully saturated rings. The Kier molecular flexibility index (Phi) is 5.04. The summed E-state index contributed by atoms with van der Waals surface area (Å²) in [5.41, 5.74) is 2.70. The number of carboxylic acids is 1. The molecule has 2 aromatic heterocycles. The van der Waals surface area contributed by atoms with E-state index in [1.807, 2.05) is 30.3 Å². The van der Waals surface area contributed by atoms with Crippen molar-refractivity contribution in [2.75, 3.05) is 0 Å². The summed E-state index contributed by atoms with van der Waals surface area (Å²) in [6, 6.07) is 15.5. The average molecular weight is 400 g/mol. The minimum atomic E-state index is -1.00. The van der Waals surface area contributed by atoms with E-state index in [-0.39, 0.29) is 40.2 Å². The lowest BCUT2D eigenvalue weighted by Gasteiger charge is -2.12. The third-order valence-electron chi connectivity index (χ3n) is 4.63. The van der Waals surface area contributed by atoms with Gasteiger partial charge in [-0.2, -0.15) is 0 Å². The number of nitrogens with one attached hydrogen (secondary N) is 2. The van der Waals surface area contributed by atoms with Crippen molar-refractivity contribution in [3.8, 4) is 11.1 Å². The molecule has 0 aliphatic carbocycles. The van der Waals surface area contributed by atoms with Gasteiger partial charge in [0.1, 0.15) is 0 Å². The summed E-state index contributed by atoms with van der Waals surface area (Å²) >= 11 is 0. The molecule has 8 nitrogen and oxygen atoms in total. The molecule has 0 saturated carbocycles. The smallest absolute Gasteiger partial charge is 0.335 e. The summed E-state index contributed by atoms with van der Waals surface area (Å²) in [4.78, 5) is 46.2. The van der Waals surface area contributed by atoms with Gasteiger partial charge in [0.25, 0.3) is 11.5 Å². The predicted octanol–water partition coefficient (Wildman–Crippen LogP) is 2.61. The maximum Gasteiger partial charge on any atom is 0.335 e. The van der Waals surface area contributed by atoms with E-state index < -0.39 is 5.97 Å². The van der Waals surface area contributed by atoms with Crippen LogP contribution >= 0.6 is 0 Å². The van der Waals surface area contributed by atoms with Gasteiger partial charge in [-0.05, 0) is 34.9 Å². The van der Waals surface area contributed by atoms with Gasteiger partial charge in [-0.25, -0.2) is 14.8 Å². The number of pyridine rings is 1. The van der Waals surface area contributed by atoms with Gasteiger partial charge in [-0.1, -0.05) is 36.4 Å². The molecule has 2 aromatic carbocycles. The molecule has 8 heteroatoms. The van der Waals surface area contributed by atoms with Crippen LogP contribution in [0.4, 0.5) is 0 Å². The minimum absolute atomic E-state index is 0.187. The van der Waals surface area contributed by atoms with Gasteiger partial charge in [0.15, 0.2) is 5.65 Å². The van der Waals surface area contributed by atoms with Gasteiger partial charge >= 0.3 is 5.97 Å². The Bertz CT molecular complexity index is 1330. The molecule has 30 heavy (non-hydrogen) atoms. The summed E-state index contributed by atoms with van der Waals surface area (Å²) in [7, 11) is 0. The van der Waals surface area contributed by atoms with Gasteiger partial charge < -0.3 is 15.4 Å². The summed E-state index contributed by atoms with van der Waals surface area (Å²) in [5.74, 6) is -1.39. The zero-order valence-corrected chi connectivity index (χ0v) is 15.6. The van der Waals surface area contributed by atoms with E-state index in [1.54, 1.807) is 12.1 Å². The highest BCUT2D eigenvalue weighted by atomic mass is 16.4. The van der Waals surface area contributed by atoms with E-state index in [1.165, 1.54) is 24.7 Å². The molecule has 0 bridgehead atoms. The van der Waals surface area contributed by atoms with Crippen molar-refractivity contribution >= 4 is 22.9 Å². The first-order valence-electron chi connectivity index (χ1n) is 9.06. The minimum Gasteiger partial charge on any atom is -0.478 e. The highest BCUT2D eigenvalue weighted by Crippen LogP contribution is 2.24. The molecule has 0 spiro atoms. The topological polar surface area (TPSA) is 125 Å². The molecule has 0 aliphatic rings. The lowest BCUT2D eigenvalue weighted by atomic mass is 9.98. The SMILES string of the molecule is O=C(O)c1cccc(-c2ccccc2CNC(=O)c2cnc3nc[nH]c(=O)c3c2)c1. The Hall–Kier alpha value is -4.33. The van der Waals surface area contributed by atoms with Crippen LogP contribution in [-0.2, 0) is 6.54 Å². The normalized spacial score (nSPS) is 10.7. The van der Waals surface area contributed by atoms with Crippen molar-refractivity contribution < 1.29 is 14.7 Å². The molecule has 0 unspecified atom stereocenters. The Balaban J connectivity index is 1.58. The van der Waals surface area contributed by atoms with Gasteiger partial charge in [0.05, 0.1) is 22.8 Å². The number of hydrogen-bond donors (Lipinski definition) is 3. The van der Waals surface area contributed by atoms with Crippen LogP contribution < -0.4 is 10.9 Å². The fourth-order valence-electron chi connectivity index (χ4n) is 3.13. The number of hydrogen-bond acceptors (Lipinski definition) is 5. The second-order valence-corrected chi connectivity index (χ2v) is 6.55. The monoisotopic (exact) mass is 400 g/mol. The van der Waals surface area contributed by atoms with Gasteiger partial charge in [0.2, 0.25) is 0 Å². The summed E-state index contributed by atoms with van der Waals surface area (Å²) in [6.45, 7) is 0.216. The number of aromatic carboxylic acids is 1. The number of carbonyl (C=O) groups excluding carboxylic acids is 1. The van der Waals surface area contributed by atoms with E-state index >= 15 is 0 Å². The van der Waals surface area contributed by atoms with Crippen LogP contribution in [0.15, 0.2) is 71.9 Å². The number of rotatable bonds is 5. The van der Waals surface area contributed by atoms with Crippen LogP contribution in [0.3, 0.4) is 0 Å². The van der Waals surface area contributed by atoms with Gasteiger partial charge in [-0.15, -0.1) is 0 Å². The molecule has 0 atom stereocenters. The number of carbonyl (C=O) groups is 2. The Morgan fingerprint density at radius 1 is 1.00 bits per heavy atom. The van der Waals surface area contributed by atoms with E-state index in [9.17, 15) is 19.5 Å². The number of nitrogens with zero attached hydrogens (tertiary/aromatic N) is 2. The Morgan fingerprint density at radius 3 is 2.67 bits per heavy atom. The first kappa shape index (κ1) is 19.0. The van der Waals surface area contributed by atoms with Crippen LogP contribution in [0.5, 0.6) is 0 Å². The standard InChI is InChI=1S/C22H16N4O4/c27-20(16-9-18-19(23-11-16)25-12-26-21(18)28)24-10-15-4-1-2-7-17(15)13-5-3-6-14(8-13)22(29)30/h1-9,11-12H,10H2,(H,24,27)(H,29,30)(H,23,25,26,28). The molecule has 148 valence electrons. The Labute approximate surface area is 170 Å². The van der Waals surface area contributed by atoms with E-state index in [4.69, 9.17) is 0 Å². The number of carboxylic acid groups (broad SMARTS) is 1. The highest BCUT2D eigenvalue weighted by molar-refractivity contribution is 5.96. The van der Waals surface area contributed by atoms with Crippen molar-refractivity contribution in [3.05, 3.63) is 94.2 Å². The molecule has 1 amide bonds. The largest absolute Gasteiger partial charge is 0.478 e. The van der Waals surface area contributed by atoms with Crippen LogP contribution in [0.25, 0.3) is 22.2 Å². The van der Waals surface area contributed by atoms with Crippen molar-refractivity contribution in [2.24, 2.45) is 0 Å². The van der Waals surface area contributed by atoms with E-state index in [0.29, 0.717) is 0 Å². The molecular formula is C22H16N4O4. The number of H-pyrrole nitrogens is 1. The number of benzene rings is 2. The second-order valence-electron chi connectivity index (χ2n) is 6.55. The van der Waals surface area contributed by atoms with Gasteiger partial charge in [-0.3, -0.25) is 9.59 Å². The van der Waals surface area contributed by atoms with Gasteiger partial charge in [0, 0.05) is 12.7 Å². The van der Waals surface area contributed by atoms with E-state index in [2.05, 4.69) is 20.3 Å². The molecule has 0 aliphatic heterocycles. The molecule has 0 radical (unpaired) electrons.